The molecule has 1 saturated heterocycles. The van der Waals surface area contributed by atoms with Crippen LogP contribution in [0.1, 0.15) is 33.1 Å². The largest absolute Gasteiger partial charge is 0.269 e. The average Bonchev–Trinajstić information content (AvgIpc) is 2.74. The van der Waals surface area contributed by atoms with Crippen LogP contribution in [0.4, 0.5) is 0 Å². The van der Waals surface area contributed by atoms with E-state index in [1.165, 1.54) is 0 Å². The number of carbonyl (C=O) groups is 1. The number of carbonyl (C=O) groups excluding carboxylic acids is 1. The standard InChI is InChI=1S/C13H19NO3S/c1-4-11(15)14-10-7-9-5-6-13(10,12(9,2)3)8-18(14,16)17/h4,9-10H,1,5-8H2,2-3H3/t9?,10-,13?/m1/s1. The van der Waals surface area contributed by atoms with Crippen LogP contribution in [0, 0.1) is 16.7 Å². The summed E-state index contributed by atoms with van der Waals surface area (Å²) in [6, 6.07) is -0.137. The van der Waals surface area contributed by atoms with Gasteiger partial charge in [0.25, 0.3) is 5.91 Å². The van der Waals surface area contributed by atoms with E-state index in [2.05, 4.69) is 20.4 Å². The molecule has 0 N–H and O–H groups in total. The van der Waals surface area contributed by atoms with Gasteiger partial charge in [0.1, 0.15) is 0 Å². The molecule has 4 nitrogen and oxygen atoms in total. The van der Waals surface area contributed by atoms with Crippen molar-refractivity contribution in [2.24, 2.45) is 16.7 Å². The summed E-state index contributed by atoms with van der Waals surface area (Å²) >= 11 is 0. The molecule has 0 aromatic heterocycles. The first kappa shape index (κ1) is 12.2. The van der Waals surface area contributed by atoms with Gasteiger partial charge in [0, 0.05) is 5.41 Å². The van der Waals surface area contributed by atoms with Gasteiger partial charge in [0.05, 0.1) is 11.8 Å². The summed E-state index contributed by atoms with van der Waals surface area (Å²) in [4.78, 5) is 11.9. The molecule has 1 heterocycles. The summed E-state index contributed by atoms with van der Waals surface area (Å²) in [6.45, 7) is 7.76. The lowest BCUT2D eigenvalue weighted by Gasteiger charge is -2.36. The van der Waals surface area contributed by atoms with Gasteiger partial charge in [-0.1, -0.05) is 20.4 Å². The molecule has 2 aliphatic carbocycles. The lowest BCUT2D eigenvalue weighted by molar-refractivity contribution is -0.124. The highest BCUT2D eigenvalue weighted by Crippen LogP contribution is 2.69. The van der Waals surface area contributed by atoms with Crippen LogP contribution in [0.15, 0.2) is 12.7 Å². The molecule has 1 amide bonds. The first-order valence-corrected chi connectivity index (χ1v) is 8.06. The fraction of sp³-hybridized carbons (Fsp3) is 0.769. The van der Waals surface area contributed by atoms with Crippen molar-refractivity contribution in [3.05, 3.63) is 12.7 Å². The van der Waals surface area contributed by atoms with E-state index in [0.29, 0.717) is 5.92 Å². The van der Waals surface area contributed by atoms with E-state index in [9.17, 15) is 13.2 Å². The third-order valence-electron chi connectivity index (χ3n) is 5.80. The fourth-order valence-electron chi connectivity index (χ4n) is 4.67. The summed E-state index contributed by atoms with van der Waals surface area (Å²) < 4.78 is 25.7. The van der Waals surface area contributed by atoms with E-state index >= 15 is 0 Å². The Kier molecular flexibility index (Phi) is 2.16. The zero-order valence-corrected chi connectivity index (χ0v) is 11.7. The number of hydrogen-bond acceptors (Lipinski definition) is 3. The molecule has 2 saturated carbocycles. The highest BCUT2D eigenvalue weighted by Gasteiger charge is 2.72. The Balaban J connectivity index is 2.14. The second kappa shape index (κ2) is 3.18. The summed E-state index contributed by atoms with van der Waals surface area (Å²) in [7, 11) is -3.46. The van der Waals surface area contributed by atoms with Gasteiger partial charge in [-0.2, -0.15) is 0 Å². The zero-order chi connectivity index (χ0) is 13.3. The van der Waals surface area contributed by atoms with Crippen molar-refractivity contribution < 1.29 is 13.2 Å². The van der Waals surface area contributed by atoms with Gasteiger partial charge in [0.2, 0.25) is 10.0 Å². The lowest BCUT2D eigenvalue weighted by atomic mass is 9.69. The van der Waals surface area contributed by atoms with E-state index in [4.69, 9.17) is 0 Å². The van der Waals surface area contributed by atoms with Gasteiger partial charge in [-0.15, -0.1) is 0 Å². The molecule has 0 radical (unpaired) electrons. The maximum atomic E-state index is 12.3. The maximum absolute atomic E-state index is 12.3. The van der Waals surface area contributed by atoms with Crippen LogP contribution in [0.2, 0.25) is 0 Å². The van der Waals surface area contributed by atoms with Crippen LogP contribution in [0.3, 0.4) is 0 Å². The van der Waals surface area contributed by atoms with Crippen molar-refractivity contribution in [2.45, 2.75) is 39.2 Å². The van der Waals surface area contributed by atoms with Crippen molar-refractivity contribution in [2.75, 3.05) is 5.75 Å². The molecule has 1 spiro atoms. The molecule has 3 rings (SSSR count). The molecular formula is C13H19NO3S. The molecule has 0 aromatic rings. The summed E-state index contributed by atoms with van der Waals surface area (Å²) in [5.74, 6) is 0.214. The minimum atomic E-state index is -3.46. The number of nitrogens with zero attached hydrogens (tertiary/aromatic N) is 1. The Labute approximate surface area is 108 Å². The monoisotopic (exact) mass is 269 g/mol. The normalized spacial score (nSPS) is 42.9. The molecule has 2 unspecified atom stereocenters. The van der Waals surface area contributed by atoms with Crippen molar-refractivity contribution in [1.29, 1.82) is 0 Å². The predicted octanol–water partition coefficient (Wildman–Crippen LogP) is 1.54. The highest BCUT2D eigenvalue weighted by atomic mass is 32.2. The molecule has 5 heteroatoms. The molecule has 100 valence electrons. The van der Waals surface area contributed by atoms with Crippen LogP contribution in [-0.4, -0.2) is 30.4 Å². The average molecular weight is 269 g/mol. The minimum absolute atomic E-state index is 0.0148. The summed E-state index contributed by atoms with van der Waals surface area (Å²) in [5.41, 5.74) is -0.212. The number of sulfonamides is 1. The van der Waals surface area contributed by atoms with Crippen molar-refractivity contribution in [1.82, 2.24) is 4.31 Å². The van der Waals surface area contributed by atoms with Crippen LogP contribution < -0.4 is 0 Å². The van der Waals surface area contributed by atoms with Gasteiger partial charge in [0.15, 0.2) is 0 Å². The third kappa shape index (κ3) is 1.12. The second-order valence-corrected chi connectivity index (χ2v) is 8.31. The molecule has 0 aromatic carbocycles. The van der Waals surface area contributed by atoms with Crippen molar-refractivity contribution in [3.8, 4) is 0 Å². The number of hydrogen-bond donors (Lipinski definition) is 0. The molecule has 3 atom stereocenters. The van der Waals surface area contributed by atoms with Crippen LogP contribution >= 0.6 is 0 Å². The fourth-order valence-corrected chi connectivity index (χ4v) is 7.19. The Morgan fingerprint density at radius 1 is 1.44 bits per heavy atom. The quantitative estimate of drug-likeness (QED) is 0.678. The van der Waals surface area contributed by atoms with E-state index in [0.717, 1.165) is 29.6 Å². The van der Waals surface area contributed by atoms with Crippen molar-refractivity contribution >= 4 is 15.9 Å². The number of fused-ring (bicyclic) bond motifs is 1. The summed E-state index contributed by atoms with van der Waals surface area (Å²) in [5, 5.41) is 0. The van der Waals surface area contributed by atoms with Gasteiger partial charge in [-0.25, -0.2) is 12.7 Å². The third-order valence-corrected chi connectivity index (χ3v) is 7.72. The lowest BCUT2D eigenvalue weighted by Crippen LogP contribution is -2.43. The Bertz CT molecular complexity index is 536. The minimum Gasteiger partial charge on any atom is -0.269 e. The van der Waals surface area contributed by atoms with Gasteiger partial charge >= 0.3 is 0 Å². The Hall–Kier alpha value is -0.840. The van der Waals surface area contributed by atoms with E-state index in [1.54, 1.807) is 0 Å². The van der Waals surface area contributed by atoms with E-state index in [1.807, 2.05) is 0 Å². The van der Waals surface area contributed by atoms with E-state index in [-0.39, 0.29) is 22.6 Å². The van der Waals surface area contributed by atoms with Gasteiger partial charge in [-0.3, -0.25) is 4.79 Å². The van der Waals surface area contributed by atoms with E-state index < -0.39 is 15.9 Å². The van der Waals surface area contributed by atoms with Gasteiger partial charge in [-0.05, 0) is 36.7 Å². The molecule has 18 heavy (non-hydrogen) atoms. The number of rotatable bonds is 1. The Morgan fingerprint density at radius 3 is 2.67 bits per heavy atom. The zero-order valence-electron chi connectivity index (χ0n) is 10.8. The SMILES string of the molecule is C=CC(=O)N1[C@@H]2CC3CCC2(CS1(=O)=O)C3(C)C. The molecule has 3 fully saturated rings. The Morgan fingerprint density at radius 2 is 2.11 bits per heavy atom. The summed E-state index contributed by atoms with van der Waals surface area (Å²) in [6.07, 6.45) is 3.96. The van der Waals surface area contributed by atoms with Gasteiger partial charge < -0.3 is 0 Å². The first-order chi connectivity index (χ1) is 8.26. The number of amides is 1. The first-order valence-electron chi connectivity index (χ1n) is 6.45. The molecule has 2 bridgehead atoms. The predicted molar refractivity (Wildman–Crippen MR) is 68.2 cm³/mol. The van der Waals surface area contributed by atoms with Crippen LogP contribution in [-0.2, 0) is 14.8 Å². The molecular weight excluding hydrogens is 250 g/mol. The van der Waals surface area contributed by atoms with Crippen LogP contribution in [0.25, 0.3) is 0 Å². The second-order valence-electron chi connectivity index (χ2n) is 6.46. The highest BCUT2D eigenvalue weighted by molar-refractivity contribution is 7.90. The maximum Gasteiger partial charge on any atom is 0.259 e. The topological polar surface area (TPSA) is 54.5 Å². The van der Waals surface area contributed by atoms with Crippen molar-refractivity contribution in [3.63, 3.8) is 0 Å². The molecule has 3 aliphatic rings. The smallest absolute Gasteiger partial charge is 0.259 e. The van der Waals surface area contributed by atoms with Crippen LogP contribution in [0.5, 0.6) is 0 Å². The molecule has 1 aliphatic heterocycles.